The van der Waals surface area contributed by atoms with Gasteiger partial charge in [0.1, 0.15) is 5.84 Å². The van der Waals surface area contributed by atoms with Gasteiger partial charge in [-0.25, -0.2) is 9.18 Å². The van der Waals surface area contributed by atoms with Crippen LogP contribution in [0.2, 0.25) is 0 Å². The monoisotopic (exact) mass is 404 g/mol. The number of cyclic esters (lactones) is 1. The number of piperazine rings is 1. The van der Waals surface area contributed by atoms with Crippen LogP contribution in [0.15, 0.2) is 35.4 Å². The lowest BCUT2D eigenvalue weighted by atomic mass is 10.2. The van der Waals surface area contributed by atoms with E-state index in [-0.39, 0.29) is 25.5 Å². The molecule has 2 amide bonds. The maximum absolute atomic E-state index is 14.6. The van der Waals surface area contributed by atoms with Crippen LogP contribution in [0, 0.1) is 0 Å². The summed E-state index contributed by atoms with van der Waals surface area (Å²) in [6, 6.07) is 9.18. The molecule has 1 N–H and O–H groups in total. The third-order valence-corrected chi connectivity index (χ3v) is 5.45. The highest BCUT2D eigenvalue weighted by Crippen LogP contribution is 2.22. The molecule has 29 heavy (non-hydrogen) atoms. The van der Waals surface area contributed by atoms with E-state index in [0.29, 0.717) is 19.5 Å². The number of halogens is 1. The second-order valence-electron chi connectivity index (χ2n) is 7.34. The van der Waals surface area contributed by atoms with Crippen LogP contribution >= 0.6 is 0 Å². The first-order valence-corrected chi connectivity index (χ1v) is 9.74. The Morgan fingerprint density at radius 3 is 2.79 bits per heavy atom. The summed E-state index contributed by atoms with van der Waals surface area (Å²) in [7, 11) is 1.61. The van der Waals surface area contributed by atoms with Crippen LogP contribution in [0.5, 0.6) is 0 Å². The van der Waals surface area contributed by atoms with Gasteiger partial charge in [0.25, 0.3) is 0 Å². The number of carbonyl (C=O) groups excluding carboxylic acids is 2. The first-order valence-electron chi connectivity index (χ1n) is 9.74. The smallest absolute Gasteiger partial charge is 0.416 e. The number of nitrogens with one attached hydrogen (secondary N) is 1. The number of hydrogen-bond donors (Lipinski definition) is 1. The molecule has 0 aromatic heterocycles. The summed E-state index contributed by atoms with van der Waals surface area (Å²) < 4.78 is 19.9. The molecule has 2 atom stereocenters. The van der Waals surface area contributed by atoms with Gasteiger partial charge in [-0.2, -0.15) is 5.10 Å². The minimum Gasteiger partial charge on any atom is -0.423 e. The van der Waals surface area contributed by atoms with Crippen molar-refractivity contribution in [3.8, 4) is 0 Å². The van der Waals surface area contributed by atoms with Gasteiger partial charge in [-0.1, -0.05) is 18.2 Å². The maximum atomic E-state index is 14.6. The molecule has 3 aliphatic rings. The number of hydrogen-bond acceptors (Lipinski definition) is 7. The number of benzene rings is 1. The topological polar surface area (TPSA) is 80.7 Å². The van der Waals surface area contributed by atoms with Crippen molar-refractivity contribution < 1.29 is 18.7 Å². The molecule has 2 unspecified atom stereocenters. The third-order valence-electron chi connectivity index (χ3n) is 5.45. The Hall–Kier alpha value is -2.88. The summed E-state index contributed by atoms with van der Waals surface area (Å²) >= 11 is 0. The summed E-state index contributed by atoms with van der Waals surface area (Å²) in [5.41, 5.74) is 3.58. The predicted octanol–water partition coefficient (Wildman–Crippen LogP) is 0.648. The number of rotatable bonds is 4. The summed E-state index contributed by atoms with van der Waals surface area (Å²) in [6.45, 7) is 2.26. The average Bonchev–Trinajstić information content (AvgIpc) is 3.38. The summed E-state index contributed by atoms with van der Waals surface area (Å²) in [5, 5.41) is 4.12. The van der Waals surface area contributed by atoms with Crippen molar-refractivity contribution in [2.45, 2.75) is 18.9 Å². The van der Waals surface area contributed by atoms with E-state index < -0.39 is 18.6 Å². The van der Waals surface area contributed by atoms with Gasteiger partial charge in [0.05, 0.1) is 13.1 Å². The zero-order chi connectivity index (χ0) is 20.4. The number of para-hydroxylation sites is 1. The van der Waals surface area contributed by atoms with Gasteiger partial charge in [0.2, 0.25) is 5.91 Å². The normalized spacial score (nSPS) is 24.9. The number of hydrazone groups is 1. The lowest BCUT2D eigenvalue weighted by molar-refractivity contribution is -0.139. The summed E-state index contributed by atoms with van der Waals surface area (Å²) in [4.78, 5) is 31.3. The number of nitrogens with zero attached hydrogens (tertiary/aromatic N) is 5. The number of amides is 2. The second kappa shape index (κ2) is 8.24. The van der Waals surface area contributed by atoms with E-state index in [0.717, 1.165) is 18.1 Å². The largest absolute Gasteiger partial charge is 0.423 e. The van der Waals surface area contributed by atoms with E-state index in [1.807, 2.05) is 30.3 Å². The lowest BCUT2D eigenvalue weighted by Crippen LogP contribution is -2.55. The molecule has 3 heterocycles. The molecule has 2 fully saturated rings. The van der Waals surface area contributed by atoms with Crippen molar-refractivity contribution >= 4 is 23.5 Å². The summed E-state index contributed by atoms with van der Waals surface area (Å²) in [6.07, 6.45) is -1.63. The van der Waals surface area contributed by atoms with Crippen molar-refractivity contribution in [3.05, 3.63) is 30.3 Å². The average molecular weight is 404 g/mol. The van der Waals surface area contributed by atoms with E-state index in [9.17, 15) is 14.0 Å². The van der Waals surface area contributed by atoms with Crippen LogP contribution in [0.25, 0.3) is 0 Å². The van der Waals surface area contributed by atoms with Crippen LogP contribution < -0.4 is 10.3 Å². The highest BCUT2D eigenvalue weighted by molar-refractivity contribution is 5.90. The molecule has 2 saturated heterocycles. The van der Waals surface area contributed by atoms with Crippen molar-refractivity contribution in [1.82, 2.24) is 20.1 Å². The van der Waals surface area contributed by atoms with Crippen LogP contribution in [-0.2, 0) is 9.53 Å². The molecule has 3 aliphatic heterocycles. The highest BCUT2D eigenvalue weighted by atomic mass is 19.1. The lowest BCUT2D eigenvalue weighted by Gasteiger charge is -2.38. The van der Waals surface area contributed by atoms with Gasteiger partial charge in [-0.05, 0) is 12.1 Å². The van der Waals surface area contributed by atoms with Crippen molar-refractivity contribution in [2.75, 3.05) is 51.2 Å². The molecule has 9 nitrogen and oxygen atoms in total. The standard InChI is InChI=1S/C19H25FN6O3/c1-23(18-13-26(19(28)29-18)14-5-3-2-4-6-14)17(27)12-24-9-10-25(15(20)11-24)16-7-8-21-22-16/h2-6,15,18,21H,7-13H2,1H3. The fourth-order valence-electron chi connectivity index (χ4n) is 3.74. The molecule has 156 valence electrons. The van der Waals surface area contributed by atoms with Crippen LogP contribution in [-0.4, -0.2) is 91.4 Å². The molecule has 0 bridgehead atoms. The fourth-order valence-corrected chi connectivity index (χ4v) is 3.74. The van der Waals surface area contributed by atoms with Gasteiger partial charge in [-0.3, -0.25) is 14.6 Å². The molecular weight excluding hydrogens is 379 g/mol. The third kappa shape index (κ3) is 4.12. The molecule has 0 aliphatic carbocycles. The molecule has 0 spiro atoms. The Bertz CT molecular complexity index is 791. The molecule has 4 rings (SSSR count). The Morgan fingerprint density at radius 1 is 1.31 bits per heavy atom. The number of alkyl halides is 1. The first kappa shape index (κ1) is 19.4. The van der Waals surface area contributed by atoms with Crippen LogP contribution in [0.4, 0.5) is 14.9 Å². The van der Waals surface area contributed by atoms with Gasteiger partial charge in [-0.15, -0.1) is 0 Å². The molecular formula is C19H25FN6O3. The van der Waals surface area contributed by atoms with Crippen LogP contribution in [0.1, 0.15) is 6.42 Å². The maximum Gasteiger partial charge on any atom is 0.416 e. The van der Waals surface area contributed by atoms with E-state index in [1.54, 1.807) is 16.8 Å². The van der Waals surface area contributed by atoms with Gasteiger partial charge < -0.3 is 20.0 Å². The van der Waals surface area contributed by atoms with Crippen LogP contribution in [0.3, 0.4) is 0 Å². The van der Waals surface area contributed by atoms with E-state index in [1.165, 1.54) is 9.80 Å². The van der Waals surface area contributed by atoms with Crippen molar-refractivity contribution in [3.63, 3.8) is 0 Å². The summed E-state index contributed by atoms with van der Waals surface area (Å²) in [5.74, 6) is 0.526. The quantitative estimate of drug-likeness (QED) is 0.743. The Balaban J connectivity index is 1.30. The number of ether oxygens (including phenoxy) is 1. The molecule has 0 saturated carbocycles. The van der Waals surface area contributed by atoms with E-state index in [4.69, 9.17) is 4.74 Å². The molecule has 10 heteroatoms. The zero-order valence-electron chi connectivity index (χ0n) is 16.3. The fraction of sp³-hybridized carbons (Fsp3) is 0.526. The minimum atomic E-state index is -1.20. The van der Waals surface area contributed by atoms with Crippen molar-refractivity contribution in [2.24, 2.45) is 5.10 Å². The molecule has 1 aromatic carbocycles. The van der Waals surface area contributed by atoms with Crippen molar-refractivity contribution in [1.29, 1.82) is 0 Å². The van der Waals surface area contributed by atoms with Gasteiger partial charge in [0.15, 0.2) is 12.5 Å². The predicted molar refractivity (Wildman–Crippen MR) is 105 cm³/mol. The highest BCUT2D eigenvalue weighted by Gasteiger charge is 2.37. The zero-order valence-corrected chi connectivity index (χ0v) is 16.3. The minimum absolute atomic E-state index is 0.0782. The van der Waals surface area contributed by atoms with E-state index >= 15 is 0 Å². The SMILES string of the molecule is CN(C(=O)CN1CCN(C2=NNCC2)C(F)C1)C1CN(c2ccccc2)C(=O)O1. The Kier molecular flexibility index (Phi) is 5.52. The molecule has 1 aromatic rings. The number of amidine groups is 1. The number of anilines is 1. The number of carbonyl (C=O) groups is 2. The second-order valence-corrected chi connectivity index (χ2v) is 7.34. The Morgan fingerprint density at radius 2 is 2.10 bits per heavy atom. The number of likely N-dealkylation sites (N-methyl/N-ethyl adjacent to an activating group) is 1. The van der Waals surface area contributed by atoms with Gasteiger partial charge in [0, 0.05) is 45.3 Å². The van der Waals surface area contributed by atoms with E-state index in [2.05, 4.69) is 10.5 Å². The molecule has 0 radical (unpaired) electrons. The van der Waals surface area contributed by atoms with Gasteiger partial charge >= 0.3 is 6.09 Å². The first-order chi connectivity index (χ1) is 14.0. The Labute approximate surface area is 168 Å².